The van der Waals surface area contributed by atoms with E-state index in [1.165, 1.54) is 19.2 Å². The molecule has 0 heterocycles. The molecular weight excluding hydrogens is 314 g/mol. The SMILES string of the molecule is COc1c(CC(C)O)cc(F)cc1-c1c(Cl)cccc1Cl. The van der Waals surface area contributed by atoms with Crippen LogP contribution in [0.25, 0.3) is 11.1 Å². The van der Waals surface area contributed by atoms with Crippen LogP contribution in [0.1, 0.15) is 12.5 Å². The lowest BCUT2D eigenvalue weighted by Gasteiger charge is -2.17. The minimum Gasteiger partial charge on any atom is -0.496 e. The van der Waals surface area contributed by atoms with Gasteiger partial charge in [-0.05, 0) is 31.2 Å². The van der Waals surface area contributed by atoms with Crippen molar-refractivity contribution in [2.24, 2.45) is 0 Å². The van der Waals surface area contributed by atoms with Gasteiger partial charge < -0.3 is 9.84 Å². The van der Waals surface area contributed by atoms with Gasteiger partial charge in [-0.1, -0.05) is 29.3 Å². The molecule has 2 aromatic carbocycles. The van der Waals surface area contributed by atoms with E-state index in [0.29, 0.717) is 32.5 Å². The molecule has 2 nitrogen and oxygen atoms in total. The molecule has 0 bridgehead atoms. The number of aliphatic hydroxyl groups is 1. The first-order valence-electron chi connectivity index (χ1n) is 6.43. The van der Waals surface area contributed by atoms with Crippen LogP contribution < -0.4 is 4.74 Å². The van der Waals surface area contributed by atoms with Crippen LogP contribution in [-0.2, 0) is 6.42 Å². The van der Waals surface area contributed by atoms with Crippen LogP contribution in [-0.4, -0.2) is 18.3 Å². The number of hydrogen-bond donors (Lipinski definition) is 1. The summed E-state index contributed by atoms with van der Waals surface area (Å²) in [5.74, 6) is 0.0322. The van der Waals surface area contributed by atoms with Crippen LogP contribution in [0.5, 0.6) is 5.75 Å². The molecule has 0 amide bonds. The fraction of sp³-hybridized carbons (Fsp3) is 0.250. The number of rotatable bonds is 4. The zero-order valence-corrected chi connectivity index (χ0v) is 13.2. The first kappa shape index (κ1) is 16.1. The van der Waals surface area contributed by atoms with Crippen molar-refractivity contribution in [1.82, 2.24) is 0 Å². The number of halogens is 3. The molecule has 0 aliphatic carbocycles. The standard InChI is InChI=1S/C16H15Cl2FO2/c1-9(20)6-10-7-11(19)8-12(16(10)21-2)15-13(17)4-3-5-14(15)18/h3-5,7-9,20H,6H2,1-2H3. The third-order valence-corrected chi connectivity index (χ3v) is 3.71. The van der Waals surface area contributed by atoms with Gasteiger partial charge in [0.1, 0.15) is 11.6 Å². The molecule has 1 unspecified atom stereocenters. The predicted octanol–water partition coefficient (Wildman–Crippen LogP) is 4.73. The Labute approximate surface area is 133 Å². The van der Waals surface area contributed by atoms with E-state index in [1.807, 2.05) is 0 Å². The van der Waals surface area contributed by atoms with E-state index in [2.05, 4.69) is 0 Å². The summed E-state index contributed by atoms with van der Waals surface area (Å²) < 4.78 is 19.3. The van der Waals surface area contributed by atoms with Gasteiger partial charge in [0.15, 0.2) is 0 Å². The maximum absolute atomic E-state index is 13.9. The van der Waals surface area contributed by atoms with Crippen LogP contribution in [0, 0.1) is 5.82 Å². The van der Waals surface area contributed by atoms with Crippen molar-refractivity contribution in [3.8, 4) is 16.9 Å². The second kappa shape index (κ2) is 6.65. The Hall–Kier alpha value is -1.29. The molecule has 0 spiro atoms. The summed E-state index contributed by atoms with van der Waals surface area (Å²) in [7, 11) is 1.49. The van der Waals surface area contributed by atoms with E-state index in [-0.39, 0.29) is 6.42 Å². The number of aliphatic hydroxyl groups excluding tert-OH is 1. The quantitative estimate of drug-likeness (QED) is 0.879. The Morgan fingerprint density at radius 3 is 2.38 bits per heavy atom. The molecule has 0 aromatic heterocycles. The first-order chi connectivity index (χ1) is 9.93. The zero-order valence-electron chi connectivity index (χ0n) is 11.7. The molecule has 2 aromatic rings. The summed E-state index contributed by atoms with van der Waals surface area (Å²) in [5.41, 5.74) is 1.56. The van der Waals surface area contributed by atoms with Crippen LogP contribution in [0.2, 0.25) is 10.0 Å². The summed E-state index contributed by atoms with van der Waals surface area (Å²) in [5, 5.41) is 10.4. The van der Waals surface area contributed by atoms with Gasteiger partial charge in [0, 0.05) is 23.1 Å². The molecule has 2 rings (SSSR count). The lowest BCUT2D eigenvalue weighted by atomic mass is 9.98. The van der Waals surface area contributed by atoms with E-state index in [4.69, 9.17) is 27.9 Å². The summed E-state index contributed by atoms with van der Waals surface area (Å²) in [6, 6.07) is 7.76. The van der Waals surface area contributed by atoms with E-state index in [1.54, 1.807) is 25.1 Å². The Kier molecular flexibility index (Phi) is 5.09. The highest BCUT2D eigenvalue weighted by molar-refractivity contribution is 6.39. The molecule has 112 valence electrons. The van der Waals surface area contributed by atoms with Gasteiger partial charge in [0.2, 0.25) is 0 Å². The van der Waals surface area contributed by atoms with Crippen molar-refractivity contribution in [1.29, 1.82) is 0 Å². The van der Waals surface area contributed by atoms with Crippen LogP contribution >= 0.6 is 23.2 Å². The Morgan fingerprint density at radius 2 is 1.86 bits per heavy atom. The maximum atomic E-state index is 13.9. The molecule has 5 heteroatoms. The minimum atomic E-state index is -0.615. The molecule has 0 fully saturated rings. The smallest absolute Gasteiger partial charge is 0.130 e. The second-order valence-electron chi connectivity index (χ2n) is 4.80. The van der Waals surface area contributed by atoms with Crippen molar-refractivity contribution >= 4 is 23.2 Å². The molecule has 1 atom stereocenters. The van der Waals surface area contributed by atoms with Gasteiger partial charge in [0.25, 0.3) is 0 Å². The molecule has 0 saturated heterocycles. The fourth-order valence-corrected chi connectivity index (χ4v) is 2.90. The van der Waals surface area contributed by atoms with Gasteiger partial charge in [-0.25, -0.2) is 4.39 Å². The predicted molar refractivity (Wildman–Crippen MR) is 83.8 cm³/mol. The average molecular weight is 329 g/mol. The van der Waals surface area contributed by atoms with Crippen molar-refractivity contribution in [3.63, 3.8) is 0 Å². The molecule has 0 saturated carbocycles. The summed E-state index contributed by atoms with van der Waals surface area (Å²) >= 11 is 12.4. The van der Waals surface area contributed by atoms with Crippen molar-refractivity contribution in [3.05, 3.63) is 51.8 Å². The summed E-state index contributed by atoms with van der Waals surface area (Å²) in [6.07, 6.45) is -0.342. The van der Waals surface area contributed by atoms with Gasteiger partial charge in [0.05, 0.1) is 23.3 Å². The molecule has 0 aliphatic rings. The Bertz CT molecular complexity index is 637. The zero-order chi connectivity index (χ0) is 15.6. The summed E-state index contributed by atoms with van der Waals surface area (Å²) in [4.78, 5) is 0. The monoisotopic (exact) mass is 328 g/mol. The van der Waals surface area contributed by atoms with Gasteiger partial charge in [-0.2, -0.15) is 0 Å². The van der Waals surface area contributed by atoms with E-state index >= 15 is 0 Å². The molecular formula is C16H15Cl2FO2. The lowest BCUT2D eigenvalue weighted by molar-refractivity contribution is 0.194. The Morgan fingerprint density at radius 1 is 1.24 bits per heavy atom. The highest BCUT2D eigenvalue weighted by Gasteiger charge is 2.18. The van der Waals surface area contributed by atoms with Crippen LogP contribution in [0.15, 0.2) is 30.3 Å². The maximum Gasteiger partial charge on any atom is 0.130 e. The van der Waals surface area contributed by atoms with Gasteiger partial charge in [-0.3, -0.25) is 0 Å². The highest BCUT2D eigenvalue weighted by atomic mass is 35.5. The minimum absolute atomic E-state index is 0.274. The van der Waals surface area contributed by atoms with E-state index in [9.17, 15) is 9.50 Å². The molecule has 21 heavy (non-hydrogen) atoms. The van der Waals surface area contributed by atoms with Crippen molar-refractivity contribution in [2.75, 3.05) is 7.11 Å². The second-order valence-corrected chi connectivity index (χ2v) is 5.61. The van der Waals surface area contributed by atoms with Crippen LogP contribution in [0.3, 0.4) is 0 Å². The van der Waals surface area contributed by atoms with Gasteiger partial charge >= 0.3 is 0 Å². The van der Waals surface area contributed by atoms with Crippen molar-refractivity contribution < 1.29 is 14.2 Å². The van der Waals surface area contributed by atoms with E-state index in [0.717, 1.165) is 0 Å². The first-order valence-corrected chi connectivity index (χ1v) is 7.18. The molecule has 0 radical (unpaired) electrons. The van der Waals surface area contributed by atoms with E-state index < -0.39 is 11.9 Å². The largest absolute Gasteiger partial charge is 0.496 e. The molecule has 0 aliphatic heterocycles. The fourth-order valence-electron chi connectivity index (χ4n) is 2.30. The number of ether oxygens (including phenoxy) is 1. The number of methoxy groups -OCH3 is 1. The van der Waals surface area contributed by atoms with Gasteiger partial charge in [-0.15, -0.1) is 0 Å². The summed E-state index contributed by atoms with van der Waals surface area (Å²) in [6.45, 7) is 1.63. The van der Waals surface area contributed by atoms with Crippen molar-refractivity contribution in [2.45, 2.75) is 19.4 Å². The molecule has 1 N–H and O–H groups in total. The number of hydrogen-bond acceptors (Lipinski definition) is 2. The normalized spacial score (nSPS) is 12.3. The third-order valence-electron chi connectivity index (χ3n) is 3.08. The van der Waals surface area contributed by atoms with Crippen LogP contribution in [0.4, 0.5) is 4.39 Å². The number of benzene rings is 2. The third kappa shape index (κ3) is 3.49. The highest BCUT2D eigenvalue weighted by Crippen LogP contribution is 2.42. The Balaban J connectivity index is 2.71. The average Bonchev–Trinajstić information content (AvgIpc) is 2.37. The topological polar surface area (TPSA) is 29.5 Å². The lowest BCUT2D eigenvalue weighted by Crippen LogP contribution is -2.07.